The van der Waals surface area contributed by atoms with Crippen LogP contribution < -0.4 is 0 Å². The zero-order chi connectivity index (χ0) is 12.4. The van der Waals surface area contributed by atoms with Gasteiger partial charge in [0.1, 0.15) is 5.57 Å². The van der Waals surface area contributed by atoms with Gasteiger partial charge in [0.05, 0.1) is 11.0 Å². The molecule has 0 bridgehead atoms. The summed E-state index contributed by atoms with van der Waals surface area (Å²) in [6.45, 7) is 0. The van der Waals surface area contributed by atoms with E-state index < -0.39 is 17.5 Å². The molecule has 0 aliphatic carbocycles. The molecule has 0 aliphatic rings. The Bertz CT molecular complexity index is 611. The van der Waals surface area contributed by atoms with Gasteiger partial charge in [-0.15, -0.1) is 0 Å². The summed E-state index contributed by atoms with van der Waals surface area (Å²) in [4.78, 5) is 28.4. The highest BCUT2D eigenvalue weighted by Gasteiger charge is 2.16. The molecule has 0 saturated carbocycles. The maximum atomic E-state index is 10.7. The Morgan fingerprint density at radius 1 is 1.29 bits per heavy atom. The molecular weight excluding hydrogens is 224 g/mol. The number of fused-ring (bicyclic) bond motifs is 1. The van der Waals surface area contributed by atoms with Crippen molar-refractivity contribution >= 4 is 29.0 Å². The van der Waals surface area contributed by atoms with Gasteiger partial charge in [-0.1, -0.05) is 0 Å². The standard InChI is InChI=1S/C11H8N2O4/c14-10(15)7(11(16)17)4-6-5-13-8-2-1-3-12-9(6)8/h1-5,13H,(H,14,15)(H,16,17). The van der Waals surface area contributed by atoms with Crippen molar-refractivity contribution in [3.8, 4) is 0 Å². The smallest absolute Gasteiger partial charge is 0.343 e. The maximum absolute atomic E-state index is 10.7. The van der Waals surface area contributed by atoms with Crippen LogP contribution in [0.5, 0.6) is 0 Å². The number of nitrogens with one attached hydrogen (secondary N) is 1. The van der Waals surface area contributed by atoms with E-state index in [-0.39, 0.29) is 0 Å². The van der Waals surface area contributed by atoms with E-state index in [9.17, 15) is 9.59 Å². The van der Waals surface area contributed by atoms with Crippen LogP contribution in [0.3, 0.4) is 0 Å². The molecule has 2 rings (SSSR count). The number of aromatic amines is 1. The molecule has 2 heterocycles. The Kier molecular flexibility index (Phi) is 2.61. The summed E-state index contributed by atoms with van der Waals surface area (Å²) in [5, 5.41) is 17.5. The summed E-state index contributed by atoms with van der Waals surface area (Å²) in [7, 11) is 0. The zero-order valence-electron chi connectivity index (χ0n) is 8.54. The molecule has 0 saturated heterocycles. The fraction of sp³-hybridized carbons (Fsp3) is 0. The molecule has 0 unspecified atom stereocenters. The van der Waals surface area contributed by atoms with Crippen LogP contribution in [0.4, 0.5) is 0 Å². The Labute approximate surface area is 95.2 Å². The normalized spacial score (nSPS) is 10.1. The van der Waals surface area contributed by atoms with E-state index in [1.54, 1.807) is 18.3 Å². The molecule has 6 nitrogen and oxygen atoms in total. The Hall–Kier alpha value is -2.63. The lowest BCUT2D eigenvalue weighted by molar-refractivity contribution is -0.139. The maximum Gasteiger partial charge on any atom is 0.343 e. The number of carboxylic acid groups (broad SMARTS) is 2. The number of nitrogens with zero attached hydrogens (tertiary/aromatic N) is 1. The van der Waals surface area contributed by atoms with Crippen LogP contribution in [0.15, 0.2) is 30.1 Å². The molecule has 6 heteroatoms. The molecule has 0 atom stereocenters. The number of aliphatic carboxylic acids is 2. The number of carboxylic acids is 2. The largest absolute Gasteiger partial charge is 0.477 e. The molecular formula is C11H8N2O4. The SMILES string of the molecule is O=C(O)C(=Cc1c[nH]c2cccnc12)C(=O)O. The van der Waals surface area contributed by atoms with Gasteiger partial charge in [0.15, 0.2) is 0 Å². The van der Waals surface area contributed by atoms with Crippen LogP contribution in [0, 0.1) is 0 Å². The molecule has 0 spiro atoms. The average molecular weight is 232 g/mol. The summed E-state index contributed by atoms with van der Waals surface area (Å²) in [5.74, 6) is -2.97. The van der Waals surface area contributed by atoms with Crippen molar-refractivity contribution in [1.29, 1.82) is 0 Å². The molecule has 0 radical (unpaired) electrons. The predicted octanol–water partition coefficient (Wildman–Crippen LogP) is 1.12. The first-order valence-electron chi connectivity index (χ1n) is 4.70. The van der Waals surface area contributed by atoms with E-state index in [1.807, 2.05) is 0 Å². The quantitative estimate of drug-likeness (QED) is 0.418. The van der Waals surface area contributed by atoms with Gasteiger partial charge in [0.2, 0.25) is 0 Å². The second-order valence-corrected chi connectivity index (χ2v) is 3.31. The third kappa shape index (κ3) is 2.00. The van der Waals surface area contributed by atoms with Crippen molar-refractivity contribution in [3.05, 3.63) is 35.7 Å². The van der Waals surface area contributed by atoms with Crippen LogP contribution in [0.2, 0.25) is 0 Å². The van der Waals surface area contributed by atoms with Crippen molar-refractivity contribution in [2.45, 2.75) is 0 Å². The van der Waals surface area contributed by atoms with E-state index in [2.05, 4.69) is 9.97 Å². The number of aromatic nitrogens is 2. The van der Waals surface area contributed by atoms with Gasteiger partial charge in [-0.3, -0.25) is 4.98 Å². The van der Waals surface area contributed by atoms with Crippen LogP contribution in [0.1, 0.15) is 5.56 Å². The second kappa shape index (κ2) is 4.09. The fourth-order valence-electron chi connectivity index (χ4n) is 1.46. The van der Waals surface area contributed by atoms with Crippen LogP contribution in [-0.2, 0) is 9.59 Å². The highest BCUT2D eigenvalue weighted by Crippen LogP contribution is 2.18. The molecule has 0 fully saturated rings. The van der Waals surface area contributed by atoms with Crippen molar-refractivity contribution in [2.24, 2.45) is 0 Å². The van der Waals surface area contributed by atoms with E-state index in [0.29, 0.717) is 16.6 Å². The first-order chi connectivity index (χ1) is 8.09. The minimum Gasteiger partial charge on any atom is -0.477 e. The van der Waals surface area contributed by atoms with Gasteiger partial charge in [0, 0.05) is 18.0 Å². The zero-order valence-corrected chi connectivity index (χ0v) is 8.54. The lowest BCUT2D eigenvalue weighted by Gasteiger charge is -1.94. The Balaban J connectivity index is 2.57. The van der Waals surface area contributed by atoms with Crippen LogP contribution in [-0.4, -0.2) is 32.1 Å². The summed E-state index contributed by atoms with van der Waals surface area (Å²) in [6.07, 6.45) is 4.15. The summed E-state index contributed by atoms with van der Waals surface area (Å²) in [5.41, 5.74) is 0.985. The number of hydrogen-bond acceptors (Lipinski definition) is 3. The first kappa shape index (κ1) is 10.9. The molecule has 3 N–H and O–H groups in total. The summed E-state index contributed by atoms with van der Waals surface area (Å²) < 4.78 is 0. The third-order valence-electron chi connectivity index (χ3n) is 2.22. The van der Waals surface area contributed by atoms with Gasteiger partial charge in [0.25, 0.3) is 0 Å². The number of carbonyl (C=O) groups is 2. The minimum atomic E-state index is -1.48. The van der Waals surface area contributed by atoms with E-state index >= 15 is 0 Å². The van der Waals surface area contributed by atoms with Gasteiger partial charge in [-0.05, 0) is 18.2 Å². The van der Waals surface area contributed by atoms with Crippen molar-refractivity contribution in [2.75, 3.05) is 0 Å². The number of H-pyrrole nitrogens is 1. The monoisotopic (exact) mass is 232 g/mol. The molecule has 0 amide bonds. The molecule has 2 aromatic rings. The molecule has 0 aliphatic heterocycles. The van der Waals surface area contributed by atoms with Gasteiger partial charge in [-0.2, -0.15) is 0 Å². The second-order valence-electron chi connectivity index (χ2n) is 3.31. The van der Waals surface area contributed by atoms with Crippen molar-refractivity contribution in [1.82, 2.24) is 9.97 Å². The number of hydrogen-bond donors (Lipinski definition) is 3. The predicted molar refractivity (Wildman–Crippen MR) is 59.3 cm³/mol. The van der Waals surface area contributed by atoms with Gasteiger partial charge < -0.3 is 15.2 Å². The van der Waals surface area contributed by atoms with Gasteiger partial charge in [-0.25, -0.2) is 9.59 Å². The fourth-order valence-corrected chi connectivity index (χ4v) is 1.46. The molecule has 0 aromatic carbocycles. The number of pyridine rings is 1. The highest BCUT2D eigenvalue weighted by molar-refractivity contribution is 6.16. The lowest BCUT2D eigenvalue weighted by Crippen LogP contribution is -2.10. The van der Waals surface area contributed by atoms with E-state index in [1.165, 1.54) is 6.20 Å². The van der Waals surface area contributed by atoms with Crippen LogP contribution in [0.25, 0.3) is 17.1 Å². The Morgan fingerprint density at radius 2 is 2.00 bits per heavy atom. The molecule has 2 aromatic heterocycles. The molecule has 86 valence electrons. The van der Waals surface area contributed by atoms with Gasteiger partial charge >= 0.3 is 11.9 Å². The highest BCUT2D eigenvalue weighted by atomic mass is 16.4. The van der Waals surface area contributed by atoms with Crippen molar-refractivity contribution in [3.63, 3.8) is 0 Å². The summed E-state index contributed by atoms with van der Waals surface area (Å²) >= 11 is 0. The topological polar surface area (TPSA) is 103 Å². The third-order valence-corrected chi connectivity index (χ3v) is 2.22. The van der Waals surface area contributed by atoms with Crippen molar-refractivity contribution < 1.29 is 19.8 Å². The minimum absolute atomic E-state index is 0.431. The van der Waals surface area contributed by atoms with E-state index in [0.717, 1.165) is 6.08 Å². The average Bonchev–Trinajstić information content (AvgIpc) is 2.68. The number of rotatable bonds is 3. The van der Waals surface area contributed by atoms with Crippen LogP contribution >= 0.6 is 0 Å². The summed E-state index contributed by atoms with van der Waals surface area (Å²) in [6, 6.07) is 3.49. The lowest BCUT2D eigenvalue weighted by atomic mass is 10.1. The molecule has 17 heavy (non-hydrogen) atoms. The van der Waals surface area contributed by atoms with E-state index in [4.69, 9.17) is 10.2 Å². The first-order valence-corrected chi connectivity index (χ1v) is 4.70. The Morgan fingerprint density at radius 3 is 2.65 bits per heavy atom.